The Kier molecular flexibility index (Phi) is 6.96. The Morgan fingerprint density at radius 2 is 1.83 bits per heavy atom. The third kappa shape index (κ3) is 5.55. The third-order valence-electron chi connectivity index (χ3n) is 6.63. The molecule has 4 rings (SSSR count). The van der Waals surface area contributed by atoms with Crippen LogP contribution in [0.3, 0.4) is 0 Å². The Hall–Kier alpha value is -2.04. The van der Waals surface area contributed by atoms with Gasteiger partial charge in [-0.15, -0.1) is 0 Å². The van der Waals surface area contributed by atoms with Gasteiger partial charge in [-0.2, -0.15) is 0 Å². The van der Waals surface area contributed by atoms with Gasteiger partial charge in [0.25, 0.3) is 0 Å². The van der Waals surface area contributed by atoms with Crippen molar-refractivity contribution in [1.82, 2.24) is 10.2 Å². The van der Waals surface area contributed by atoms with Gasteiger partial charge in [-0.1, -0.05) is 35.9 Å². The average molecular weight is 426 g/mol. The Labute approximate surface area is 185 Å². The number of anilines is 1. The molecule has 1 aliphatic heterocycles. The maximum absolute atomic E-state index is 12.5. The van der Waals surface area contributed by atoms with Crippen LogP contribution in [0, 0.1) is 12.8 Å². The Morgan fingerprint density at radius 3 is 2.57 bits per heavy atom. The van der Waals surface area contributed by atoms with Crippen molar-refractivity contribution in [1.29, 1.82) is 0 Å². The maximum atomic E-state index is 12.5. The summed E-state index contributed by atoms with van der Waals surface area (Å²) in [7, 11) is 0. The summed E-state index contributed by atoms with van der Waals surface area (Å²) in [5, 5.41) is 7.05. The monoisotopic (exact) mass is 425 g/mol. The molecule has 0 unspecified atom stereocenters. The van der Waals surface area contributed by atoms with Crippen LogP contribution in [-0.2, 0) is 6.42 Å². The summed E-state index contributed by atoms with van der Waals surface area (Å²) >= 11 is 6.01. The highest BCUT2D eigenvalue weighted by atomic mass is 35.5. The maximum Gasteiger partial charge on any atom is 0.319 e. The minimum Gasteiger partial charge on any atom is -0.334 e. The molecule has 4 nitrogen and oxygen atoms in total. The summed E-state index contributed by atoms with van der Waals surface area (Å²) in [6, 6.07) is 16.8. The van der Waals surface area contributed by atoms with Crippen molar-refractivity contribution in [3.05, 3.63) is 64.7 Å². The zero-order valence-electron chi connectivity index (χ0n) is 17.7. The molecule has 30 heavy (non-hydrogen) atoms. The van der Waals surface area contributed by atoms with Crippen molar-refractivity contribution in [2.45, 2.75) is 57.5 Å². The van der Waals surface area contributed by atoms with E-state index in [-0.39, 0.29) is 12.1 Å². The van der Waals surface area contributed by atoms with Crippen LogP contribution in [0.25, 0.3) is 0 Å². The van der Waals surface area contributed by atoms with E-state index >= 15 is 0 Å². The number of hydrogen-bond donors (Lipinski definition) is 2. The van der Waals surface area contributed by atoms with Crippen LogP contribution in [0.5, 0.6) is 0 Å². The van der Waals surface area contributed by atoms with E-state index in [0.717, 1.165) is 48.1 Å². The highest BCUT2D eigenvalue weighted by molar-refractivity contribution is 6.30. The van der Waals surface area contributed by atoms with Crippen molar-refractivity contribution in [3.63, 3.8) is 0 Å². The van der Waals surface area contributed by atoms with Gasteiger partial charge < -0.3 is 10.6 Å². The fraction of sp³-hybridized carbons (Fsp3) is 0.480. The fourth-order valence-electron chi connectivity index (χ4n) is 5.05. The summed E-state index contributed by atoms with van der Waals surface area (Å²) in [5.41, 5.74) is 3.38. The quantitative estimate of drug-likeness (QED) is 0.650. The second-order valence-electron chi connectivity index (χ2n) is 8.88. The number of urea groups is 1. The Bertz CT molecular complexity index is 846. The average Bonchev–Trinajstić information content (AvgIpc) is 3.18. The van der Waals surface area contributed by atoms with E-state index in [0.29, 0.717) is 6.04 Å². The smallest absolute Gasteiger partial charge is 0.319 e. The number of aryl methyl sites for hydroxylation is 1. The molecule has 0 spiro atoms. The lowest BCUT2D eigenvalue weighted by Crippen LogP contribution is -2.52. The molecule has 160 valence electrons. The van der Waals surface area contributed by atoms with Gasteiger partial charge in [0.1, 0.15) is 0 Å². The number of carbonyl (C=O) groups is 1. The predicted molar refractivity (Wildman–Crippen MR) is 124 cm³/mol. The van der Waals surface area contributed by atoms with Gasteiger partial charge >= 0.3 is 6.03 Å². The molecule has 2 N–H and O–H groups in total. The molecule has 2 aromatic carbocycles. The van der Waals surface area contributed by atoms with Gasteiger partial charge in [0.2, 0.25) is 0 Å². The number of hydrogen-bond acceptors (Lipinski definition) is 2. The fourth-order valence-corrected chi connectivity index (χ4v) is 5.17. The van der Waals surface area contributed by atoms with Crippen LogP contribution in [-0.4, -0.2) is 36.1 Å². The van der Waals surface area contributed by atoms with E-state index in [4.69, 9.17) is 11.6 Å². The molecule has 1 saturated heterocycles. The van der Waals surface area contributed by atoms with E-state index in [1.807, 2.05) is 43.3 Å². The highest BCUT2D eigenvalue weighted by Gasteiger charge is 2.35. The van der Waals surface area contributed by atoms with Gasteiger partial charge in [0, 0.05) is 22.8 Å². The molecular weight excluding hydrogens is 394 g/mol. The number of piperidine rings is 1. The normalized spacial score (nSPS) is 22.7. The molecule has 5 heteroatoms. The molecule has 2 fully saturated rings. The van der Waals surface area contributed by atoms with E-state index < -0.39 is 0 Å². The molecule has 2 aromatic rings. The standard InChI is InChI=1S/C25H32ClN3O/c1-18-4-2-5-22(16-18)27-25(30)28-23-6-3-7-24(23)29-14-12-20(13-15-29)17-19-8-10-21(26)11-9-19/h2,4-5,8-11,16,20,23-24H,3,6-7,12-15,17H2,1H3,(H2,27,28,30)/t23-,24-/m1/s1. The Balaban J connectivity index is 1.26. The minimum absolute atomic E-state index is 0.0878. The number of nitrogens with zero attached hydrogens (tertiary/aromatic N) is 1. The van der Waals surface area contributed by atoms with Crippen molar-refractivity contribution in [2.75, 3.05) is 18.4 Å². The molecule has 1 heterocycles. The van der Waals surface area contributed by atoms with Crippen LogP contribution in [0.2, 0.25) is 5.02 Å². The number of nitrogens with one attached hydrogen (secondary N) is 2. The predicted octanol–water partition coefficient (Wildman–Crippen LogP) is 5.65. The first-order valence-corrected chi connectivity index (χ1v) is 11.6. The number of likely N-dealkylation sites (tertiary alicyclic amines) is 1. The van der Waals surface area contributed by atoms with Crippen molar-refractivity contribution < 1.29 is 4.79 Å². The van der Waals surface area contributed by atoms with Crippen LogP contribution in [0.1, 0.15) is 43.2 Å². The molecule has 2 amide bonds. The first-order chi connectivity index (χ1) is 14.6. The minimum atomic E-state index is -0.0878. The van der Waals surface area contributed by atoms with Gasteiger partial charge in [-0.25, -0.2) is 4.79 Å². The SMILES string of the molecule is Cc1cccc(NC(=O)N[C@@H]2CCC[C@H]2N2CCC(Cc3ccc(Cl)cc3)CC2)c1. The van der Waals surface area contributed by atoms with E-state index in [1.165, 1.54) is 31.2 Å². The number of rotatable bonds is 5. The third-order valence-corrected chi connectivity index (χ3v) is 6.88. The van der Waals surface area contributed by atoms with Gasteiger partial charge in [0.05, 0.1) is 0 Å². The summed E-state index contributed by atoms with van der Waals surface area (Å²) in [6.07, 6.45) is 7.01. The largest absolute Gasteiger partial charge is 0.334 e. The first-order valence-electron chi connectivity index (χ1n) is 11.2. The second-order valence-corrected chi connectivity index (χ2v) is 9.32. The first kappa shape index (κ1) is 21.2. The summed E-state index contributed by atoms with van der Waals surface area (Å²) < 4.78 is 0. The highest BCUT2D eigenvalue weighted by Crippen LogP contribution is 2.30. The molecule has 0 radical (unpaired) electrons. The van der Waals surface area contributed by atoms with Gasteiger partial charge in [-0.05, 0) is 99.8 Å². The number of benzene rings is 2. The zero-order valence-corrected chi connectivity index (χ0v) is 18.5. The van der Waals surface area contributed by atoms with Gasteiger partial charge in [0.15, 0.2) is 0 Å². The molecule has 0 aromatic heterocycles. The van der Waals surface area contributed by atoms with E-state index in [1.54, 1.807) is 0 Å². The van der Waals surface area contributed by atoms with Crippen molar-refractivity contribution in [3.8, 4) is 0 Å². The van der Waals surface area contributed by atoms with Gasteiger partial charge in [-0.3, -0.25) is 4.90 Å². The molecule has 1 saturated carbocycles. The summed E-state index contributed by atoms with van der Waals surface area (Å²) in [4.78, 5) is 15.2. The molecule has 2 atom stereocenters. The van der Waals surface area contributed by atoms with E-state index in [2.05, 4.69) is 27.7 Å². The van der Waals surface area contributed by atoms with Crippen LogP contribution in [0.15, 0.2) is 48.5 Å². The molecular formula is C25H32ClN3O. The lowest BCUT2D eigenvalue weighted by Gasteiger charge is -2.38. The summed E-state index contributed by atoms with van der Waals surface area (Å²) in [6.45, 7) is 4.29. The van der Waals surface area contributed by atoms with E-state index in [9.17, 15) is 4.79 Å². The molecule has 1 aliphatic carbocycles. The second kappa shape index (κ2) is 9.84. The topological polar surface area (TPSA) is 44.4 Å². The van der Waals surface area contributed by atoms with Crippen molar-refractivity contribution in [2.24, 2.45) is 5.92 Å². The zero-order chi connectivity index (χ0) is 20.9. The van der Waals surface area contributed by atoms with Crippen LogP contribution >= 0.6 is 11.6 Å². The lowest BCUT2D eigenvalue weighted by atomic mass is 9.89. The van der Waals surface area contributed by atoms with Crippen molar-refractivity contribution >= 4 is 23.3 Å². The Morgan fingerprint density at radius 1 is 1.07 bits per heavy atom. The summed E-state index contributed by atoms with van der Waals surface area (Å²) in [5.74, 6) is 0.736. The molecule has 0 bridgehead atoms. The van der Waals surface area contributed by atoms with Crippen LogP contribution in [0.4, 0.5) is 10.5 Å². The number of halogens is 1. The molecule has 2 aliphatic rings. The number of carbonyl (C=O) groups excluding carboxylic acids is 1. The number of amides is 2. The lowest BCUT2D eigenvalue weighted by molar-refractivity contribution is 0.119. The van der Waals surface area contributed by atoms with Crippen LogP contribution < -0.4 is 10.6 Å².